The van der Waals surface area contributed by atoms with Gasteiger partial charge in [-0.1, -0.05) is 18.2 Å². The molecule has 0 saturated carbocycles. The fourth-order valence-electron chi connectivity index (χ4n) is 1.50. The molecule has 0 heterocycles. The number of benzene rings is 1. The lowest BCUT2D eigenvalue weighted by atomic mass is 10.1. The molecule has 0 aromatic heterocycles. The Morgan fingerprint density at radius 1 is 1.29 bits per heavy atom. The zero-order chi connectivity index (χ0) is 12.9. The minimum absolute atomic E-state index is 0.0517. The first-order chi connectivity index (χ1) is 7.90. The van der Waals surface area contributed by atoms with Crippen LogP contribution >= 0.6 is 0 Å². The smallest absolute Gasteiger partial charge is 0.389 e. The maximum Gasteiger partial charge on any atom is 0.389 e. The number of alkyl halides is 3. The van der Waals surface area contributed by atoms with E-state index < -0.39 is 12.6 Å². The highest BCUT2D eigenvalue weighted by Crippen LogP contribution is 2.22. The standard InChI is InChI=1S/C12H16F3NO/c1-9-4-2-5-10(11(9)17)8-16-7-3-6-12(13,14)15/h2,4-5,16-17H,3,6-8H2,1H3. The van der Waals surface area contributed by atoms with Crippen molar-refractivity contribution in [3.8, 4) is 5.75 Å². The molecule has 0 amide bonds. The number of phenolic OH excluding ortho intramolecular Hbond substituents is 1. The lowest BCUT2D eigenvalue weighted by Crippen LogP contribution is -2.17. The first-order valence-electron chi connectivity index (χ1n) is 5.45. The zero-order valence-corrected chi connectivity index (χ0v) is 9.64. The second-order valence-electron chi connectivity index (χ2n) is 3.98. The summed E-state index contributed by atoms with van der Waals surface area (Å²) in [5.74, 6) is 0.204. The molecule has 1 rings (SSSR count). The highest BCUT2D eigenvalue weighted by atomic mass is 19.4. The molecule has 0 saturated heterocycles. The molecule has 0 bridgehead atoms. The van der Waals surface area contributed by atoms with E-state index in [0.29, 0.717) is 12.1 Å². The summed E-state index contributed by atoms with van der Waals surface area (Å²) in [4.78, 5) is 0. The SMILES string of the molecule is Cc1cccc(CNCCCC(F)(F)F)c1O. The molecular formula is C12H16F3NO. The van der Waals surface area contributed by atoms with Crippen molar-refractivity contribution in [2.24, 2.45) is 0 Å². The van der Waals surface area contributed by atoms with E-state index in [0.717, 1.165) is 5.56 Å². The fraction of sp³-hybridized carbons (Fsp3) is 0.500. The van der Waals surface area contributed by atoms with E-state index in [1.807, 2.05) is 6.07 Å². The van der Waals surface area contributed by atoms with Gasteiger partial charge in [0.2, 0.25) is 0 Å². The van der Waals surface area contributed by atoms with Gasteiger partial charge < -0.3 is 10.4 Å². The third-order valence-electron chi connectivity index (χ3n) is 2.45. The van der Waals surface area contributed by atoms with Crippen LogP contribution in [0.15, 0.2) is 18.2 Å². The number of hydrogen-bond acceptors (Lipinski definition) is 2. The van der Waals surface area contributed by atoms with Gasteiger partial charge in [0.15, 0.2) is 0 Å². The third-order valence-corrected chi connectivity index (χ3v) is 2.45. The van der Waals surface area contributed by atoms with Crippen molar-refractivity contribution in [1.29, 1.82) is 0 Å². The van der Waals surface area contributed by atoms with Crippen LogP contribution in [-0.2, 0) is 6.54 Å². The largest absolute Gasteiger partial charge is 0.507 e. The monoisotopic (exact) mass is 247 g/mol. The van der Waals surface area contributed by atoms with E-state index in [9.17, 15) is 18.3 Å². The van der Waals surface area contributed by atoms with Gasteiger partial charge in [-0.05, 0) is 25.5 Å². The number of halogens is 3. The molecule has 1 aromatic rings. The number of hydrogen-bond donors (Lipinski definition) is 2. The molecule has 0 radical (unpaired) electrons. The predicted molar refractivity (Wildman–Crippen MR) is 59.8 cm³/mol. The maximum absolute atomic E-state index is 11.9. The van der Waals surface area contributed by atoms with Crippen molar-refractivity contribution < 1.29 is 18.3 Å². The summed E-state index contributed by atoms with van der Waals surface area (Å²) >= 11 is 0. The molecule has 0 fully saturated rings. The summed E-state index contributed by atoms with van der Waals surface area (Å²) in [5.41, 5.74) is 1.47. The quantitative estimate of drug-likeness (QED) is 0.783. The number of nitrogens with one attached hydrogen (secondary N) is 1. The van der Waals surface area contributed by atoms with E-state index in [4.69, 9.17) is 0 Å². The van der Waals surface area contributed by atoms with Crippen LogP contribution in [0.3, 0.4) is 0 Å². The number of rotatable bonds is 5. The normalized spacial score (nSPS) is 11.8. The second kappa shape index (κ2) is 5.91. The molecule has 2 N–H and O–H groups in total. The van der Waals surface area contributed by atoms with E-state index in [1.54, 1.807) is 19.1 Å². The van der Waals surface area contributed by atoms with Gasteiger partial charge in [0.1, 0.15) is 5.75 Å². The van der Waals surface area contributed by atoms with Crippen molar-refractivity contribution in [3.05, 3.63) is 29.3 Å². The zero-order valence-electron chi connectivity index (χ0n) is 9.64. The number of phenols is 1. The van der Waals surface area contributed by atoms with Crippen LogP contribution < -0.4 is 5.32 Å². The van der Waals surface area contributed by atoms with Gasteiger partial charge in [-0.15, -0.1) is 0 Å². The Balaban J connectivity index is 2.29. The Hall–Kier alpha value is -1.23. The van der Waals surface area contributed by atoms with Gasteiger partial charge in [0.25, 0.3) is 0 Å². The third kappa shape index (κ3) is 5.08. The average molecular weight is 247 g/mol. The lowest BCUT2D eigenvalue weighted by molar-refractivity contribution is -0.135. The minimum atomic E-state index is -4.09. The predicted octanol–water partition coefficient (Wildman–Crippen LogP) is 3.13. The van der Waals surface area contributed by atoms with Gasteiger partial charge in [-0.25, -0.2) is 0 Å². The molecule has 0 aliphatic carbocycles. The van der Waals surface area contributed by atoms with Crippen molar-refractivity contribution in [3.63, 3.8) is 0 Å². The molecule has 0 unspecified atom stereocenters. The first kappa shape index (κ1) is 13.8. The van der Waals surface area contributed by atoms with E-state index >= 15 is 0 Å². The van der Waals surface area contributed by atoms with Gasteiger partial charge in [-0.2, -0.15) is 13.2 Å². The minimum Gasteiger partial charge on any atom is -0.507 e. The lowest BCUT2D eigenvalue weighted by Gasteiger charge is -2.09. The van der Waals surface area contributed by atoms with Crippen molar-refractivity contribution >= 4 is 0 Å². The number of aromatic hydroxyl groups is 1. The van der Waals surface area contributed by atoms with Crippen LogP contribution in [0.25, 0.3) is 0 Å². The molecular weight excluding hydrogens is 231 g/mol. The molecule has 0 aliphatic rings. The van der Waals surface area contributed by atoms with E-state index in [2.05, 4.69) is 5.32 Å². The van der Waals surface area contributed by atoms with Crippen LogP contribution in [0.1, 0.15) is 24.0 Å². The highest BCUT2D eigenvalue weighted by Gasteiger charge is 2.25. The second-order valence-corrected chi connectivity index (χ2v) is 3.98. The van der Waals surface area contributed by atoms with Crippen molar-refractivity contribution in [1.82, 2.24) is 5.32 Å². The molecule has 2 nitrogen and oxygen atoms in total. The summed E-state index contributed by atoms with van der Waals surface area (Å²) in [6.45, 7) is 2.45. The fourth-order valence-corrected chi connectivity index (χ4v) is 1.50. The summed E-state index contributed by atoms with van der Waals surface area (Å²) in [6.07, 6.45) is -4.82. The Labute approximate surface area is 98.5 Å². The van der Waals surface area contributed by atoms with Crippen LogP contribution in [0.5, 0.6) is 5.75 Å². The van der Waals surface area contributed by atoms with Crippen LogP contribution in [-0.4, -0.2) is 17.8 Å². The molecule has 17 heavy (non-hydrogen) atoms. The Morgan fingerprint density at radius 3 is 2.65 bits per heavy atom. The van der Waals surface area contributed by atoms with Crippen molar-refractivity contribution in [2.45, 2.75) is 32.5 Å². The highest BCUT2D eigenvalue weighted by molar-refractivity contribution is 5.39. The van der Waals surface area contributed by atoms with Gasteiger partial charge in [-0.3, -0.25) is 0 Å². The Bertz CT molecular complexity index is 363. The molecule has 0 aliphatic heterocycles. The summed E-state index contributed by atoms with van der Waals surface area (Å²) in [7, 11) is 0. The summed E-state index contributed by atoms with van der Waals surface area (Å²) in [6, 6.07) is 5.34. The van der Waals surface area contributed by atoms with Gasteiger partial charge in [0.05, 0.1) is 0 Å². The van der Waals surface area contributed by atoms with Gasteiger partial charge >= 0.3 is 6.18 Å². The number of aryl methyl sites for hydroxylation is 1. The first-order valence-corrected chi connectivity index (χ1v) is 5.45. The molecule has 1 aromatic carbocycles. The Morgan fingerprint density at radius 2 is 2.00 bits per heavy atom. The summed E-state index contributed by atoms with van der Waals surface area (Å²) in [5, 5.41) is 12.5. The van der Waals surface area contributed by atoms with E-state index in [1.165, 1.54) is 0 Å². The maximum atomic E-state index is 11.9. The van der Waals surface area contributed by atoms with Crippen LogP contribution in [0.4, 0.5) is 13.2 Å². The number of para-hydroxylation sites is 1. The van der Waals surface area contributed by atoms with Crippen LogP contribution in [0, 0.1) is 6.92 Å². The van der Waals surface area contributed by atoms with Crippen molar-refractivity contribution in [2.75, 3.05) is 6.54 Å². The molecule has 0 atom stereocenters. The Kier molecular flexibility index (Phi) is 4.81. The summed E-state index contributed by atoms with van der Waals surface area (Å²) < 4.78 is 35.6. The van der Waals surface area contributed by atoms with Gasteiger partial charge in [0, 0.05) is 18.5 Å². The molecule has 96 valence electrons. The van der Waals surface area contributed by atoms with E-state index in [-0.39, 0.29) is 18.7 Å². The molecule has 5 heteroatoms. The topological polar surface area (TPSA) is 32.3 Å². The average Bonchev–Trinajstić information content (AvgIpc) is 2.22. The van der Waals surface area contributed by atoms with Crippen LogP contribution in [0.2, 0.25) is 0 Å². The molecule has 0 spiro atoms.